The summed E-state index contributed by atoms with van der Waals surface area (Å²) < 4.78 is 7.35. The summed E-state index contributed by atoms with van der Waals surface area (Å²) in [5.74, 6) is -0.409. The van der Waals surface area contributed by atoms with E-state index in [0.29, 0.717) is 31.9 Å². The fourth-order valence-electron chi connectivity index (χ4n) is 3.00. The molecule has 0 aromatic carbocycles. The normalized spacial score (nSPS) is 24.4. The Hall–Kier alpha value is -2.15. The average molecular weight is 306 g/mol. The van der Waals surface area contributed by atoms with E-state index >= 15 is 0 Å². The average Bonchev–Trinajstić information content (AvgIpc) is 2.67. The van der Waals surface area contributed by atoms with Gasteiger partial charge in [0.25, 0.3) is 0 Å². The summed E-state index contributed by atoms with van der Waals surface area (Å²) in [6.07, 6.45) is 2.21. The Morgan fingerprint density at radius 3 is 2.86 bits per heavy atom. The molecule has 2 atom stereocenters. The van der Waals surface area contributed by atoms with Gasteiger partial charge in [-0.25, -0.2) is 0 Å². The number of rotatable bonds is 2. The summed E-state index contributed by atoms with van der Waals surface area (Å²) >= 11 is 0. The van der Waals surface area contributed by atoms with E-state index < -0.39 is 17.4 Å². The molecule has 0 spiro atoms. The van der Waals surface area contributed by atoms with Gasteiger partial charge in [0.1, 0.15) is 6.23 Å². The maximum absolute atomic E-state index is 12.4. The quantitative estimate of drug-likeness (QED) is 0.785. The molecule has 1 N–H and O–H groups in total. The molecule has 0 radical (unpaired) electrons. The molecule has 1 aromatic heterocycles. The van der Waals surface area contributed by atoms with Crippen molar-refractivity contribution in [3.63, 3.8) is 0 Å². The van der Waals surface area contributed by atoms with Crippen molar-refractivity contribution in [1.82, 2.24) is 9.47 Å². The van der Waals surface area contributed by atoms with Crippen LogP contribution in [0.1, 0.15) is 29.4 Å². The largest absolute Gasteiger partial charge is 0.503 e. The van der Waals surface area contributed by atoms with Crippen molar-refractivity contribution in [2.24, 2.45) is 5.92 Å². The third-order valence-electron chi connectivity index (χ3n) is 4.42. The van der Waals surface area contributed by atoms with E-state index in [1.807, 2.05) is 6.92 Å². The second kappa shape index (κ2) is 5.57. The second-order valence-electron chi connectivity index (χ2n) is 5.76. The molecule has 7 heteroatoms. The summed E-state index contributed by atoms with van der Waals surface area (Å²) in [6.45, 7) is 3.53. The van der Waals surface area contributed by atoms with E-state index in [2.05, 4.69) is 0 Å². The highest BCUT2D eigenvalue weighted by Gasteiger charge is 2.36. The van der Waals surface area contributed by atoms with Crippen molar-refractivity contribution in [3.05, 3.63) is 27.7 Å². The van der Waals surface area contributed by atoms with Gasteiger partial charge in [-0.15, -0.1) is 0 Å². The Labute approximate surface area is 127 Å². The molecule has 22 heavy (non-hydrogen) atoms. The van der Waals surface area contributed by atoms with E-state index in [1.54, 1.807) is 9.47 Å². The van der Waals surface area contributed by atoms with Crippen molar-refractivity contribution in [1.29, 1.82) is 0 Å². The molecule has 2 aliphatic heterocycles. The lowest BCUT2D eigenvalue weighted by atomic mass is 10.1. The zero-order valence-electron chi connectivity index (χ0n) is 12.3. The van der Waals surface area contributed by atoms with Crippen LogP contribution in [0.4, 0.5) is 0 Å². The summed E-state index contributed by atoms with van der Waals surface area (Å²) in [7, 11) is 0. The van der Waals surface area contributed by atoms with Gasteiger partial charge in [-0.1, -0.05) is 6.92 Å². The lowest BCUT2D eigenvalue weighted by Gasteiger charge is -2.38. The third-order valence-corrected chi connectivity index (χ3v) is 4.42. The number of aldehydes is 1. The number of fused-ring (bicyclic) bond motifs is 2. The van der Waals surface area contributed by atoms with E-state index in [4.69, 9.17) is 4.74 Å². The number of aromatic nitrogens is 1. The number of nitrogens with zero attached hydrogens (tertiary/aromatic N) is 2. The molecule has 0 aliphatic carbocycles. The summed E-state index contributed by atoms with van der Waals surface area (Å²) in [5.41, 5.74) is -0.614. The predicted molar refractivity (Wildman–Crippen MR) is 76.7 cm³/mol. The Bertz CT molecular complexity index is 681. The first kappa shape index (κ1) is 14.8. The number of carbonyl (C=O) groups excluding carboxylic acids is 2. The fraction of sp³-hybridized carbons (Fsp3) is 0.533. The number of hydrogen-bond donors (Lipinski definition) is 1. The second-order valence-corrected chi connectivity index (χ2v) is 5.76. The van der Waals surface area contributed by atoms with Gasteiger partial charge in [-0.05, 0) is 12.3 Å². The van der Waals surface area contributed by atoms with Crippen molar-refractivity contribution in [2.75, 3.05) is 13.2 Å². The van der Waals surface area contributed by atoms with Crippen molar-refractivity contribution in [2.45, 2.75) is 32.5 Å². The Balaban J connectivity index is 2.02. The van der Waals surface area contributed by atoms with Gasteiger partial charge in [0.2, 0.25) is 11.3 Å². The monoisotopic (exact) mass is 306 g/mol. The molecule has 0 saturated carbocycles. The minimum Gasteiger partial charge on any atom is -0.503 e. The molecule has 1 fully saturated rings. The molecule has 1 amide bonds. The molecular weight excluding hydrogens is 288 g/mol. The topological polar surface area (TPSA) is 88.8 Å². The molecular formula is C15H18N2O5. The van der Waals surface area contributed by atoms with Crippen molar-refractivity contribution in [3.8, 4) is 5.75 Å². The number of amides is 1. The molecule has 3 rings (SSSR count). The Kier molecular flexibility index (Phi) is 3.74. The van der Waals surface area contributed by atoms with Crippen LogP contribution < -0.4 is 5.43 Å². The SMILES string of the molecule is CC[C@@H]1COC2Cn3cc(C=O)c(=O)c(O)c3CC(=O)N2C1. The molecule has 3 heterocycles. The minimum atomic E-state index is -0.735. The minimum absolute atomic E-state index is 0.0729. The standard InChI is InChI=1S/C15H18N2O5/c1-2-9-4-17-12(19)3-11-15(21)14(20)10(7-18)5-16(11)6-13(17)22-8-9/h5,7,9,13,21H,2-4,6,8H2,1H3/t9-,13?/m0/s1. The van der Waals surface area contributed by atoms with Gasteiger partial charge < -0.3 is 19.3 Å². The maximum Gasteiger partial charge on any atom is 0.233 e. The number of carbonyl (C=O) groups is 2. The van der Waals surface area contributed by atoms with Gasteiger partial charge in [0, 0.05) is 12.7 Å². The Morgan fingerprint density at radius 2 is 2.18 bits per heavy atom. The zero-order chi connectivity index (χ0) is 15.9. The van der Waals surface area contributed by atoms with Crippen LogP contribution in [0.3, 0.4) is 0 Å². The molecule has 7 nitrogen and oxygen atoms in total. The molecule has 118 valence electrons. The van der Waals surface area contributed by atoms with Gasteiger partial charge in [-0.3, -0.25) is 14.4 Å². The molecule has 0 bridgehead atoms. The summed E-state index contributed by atoms with van der Waals surface area (Å²) in [5, 5.41) is 10.0. The highest BCUT2D eigenvalue weighted by atomic mass is 16.5. The van der Waals surface area contributed by atoms with Gasteiger partial charge >= 0.3 is 0 Å². The third kappa shape index (κ3) is 2.31. The van der Waals surface area contributed by atoms with Gasteiger partial charge in [0.15, 0.2) is 12.0 Å². The number of aromatic hydroxyl groups is 1. The van der Waals surface area contributed by atoms with Crippen LogP contribution in [0.2, 0.25) is 0 Å². The summed E-state index contributed by atoms with van der Waals surface area (Å²) in [6, 6.07) is 0. The van der Waals surface area contributed by atoms with Crippen molar-refractivity contribution < 1.29 is 19.4 Å². The highest BCUT2D eigenvalue weighted by molar-refractivity contribution is 5.81. The predicted octanol–water partition coefficient (Wildman–Crippen LogP) is 0.134. The van der Waals surface area contributed by atoms with Gasteiger partial charge in [0.05, 0.1) is 30.8 Å². The fourth-order valence-corrected chi connectivity index (χ4v) is 3.00. The Morgan fingerprint density at radius 1 is 1.41 bits per heavy atom. The van der Waals surface area contributed by atoms with Crippen LogP contribution in [0.5, 0.6) is 5.75 Å². The van der Waals surface area contributed by atoms with E-state index in [0.717, 1.165) is 6.42 Å². The molecule has 1 unspecified atom stereocenters. The van der Waals surface area contributed by atoms with Crippen LogP contribution in [0.25, 0.3) is 0 Å². The molecule has 2 aliphatic rings. The van der Waals surface area contributed by atoms with Crippen molar-refractivity contribution >= 4 is 12.2 Å². The first-order chi connectivity index (χ1) is 10.5. The smallest absolute Gasteiger partial charge is 0.233 e. The highest BCUT2D eigenvalue weighted by Crippen LogP contribution is 2.25. The van der Waals surface area contributed by atoms with Crippen LogP contribution >= 0.6 is 0 Å². The first-order valence-electron chi connectivity index (χ1n) is 7.36. The lowest BCUT2D eigenvalue weighted by Crippen LogP contribution is -2.50. The van der Waals surface area contributed by atoms with E-state index in [9.17, 15) is 19.5 Å². The van der Waals surface area contributed by atoms with Gasteiger partial charge in [-0.2, -0.15) is 0 Å². The van der Waals surface area contributed by atoms with Crippen LogP contribution in [-0.4, -0.2) is 46.1 Å². The summed E-state index contributed by atoms with van der Waals surface area (Å²) in [4.78, 5) is 36.9. The lowest BCUT2D eigenvalue weighted by molar-refractivity contribution is -0.161. The van der Waals surface area contributed by atoms with E-state index in [-0.39, 0.29) is 23.6 Å². The number of ether oxygens (including phenoxy) is 1. The van der Waals surface area contributed by atoms with Crippen LogP contribution in [-0.2, 0) is 22.5 Å². The molecule has 1 saturated heterocycles. The zero-order valence-corrected chi connectivity index (χ0v) is 12.3. The maximum atomic E-state index is 12.4. The molecule has 1 aromatic rings. The first-order valence-corrected chi connectivity index (χ1v) is 7.36. The van der Waals surface area contributed by atoms with E-state index in [1.165, 1.54) is 6.20 Å². The number of pyridine rings is 1. The van der Waals surface area contributed by atoms with Crippen LogP contribution in [0, 0.1) is 5.92 Å². The van der Waals surface area contributed by atoms with Crippen LogP contribution in [0.15, 0.2) is 11.0 Å². The number of hydrogen-bond acceptors (Lipinski definition) is 5.